The molecule has 19 heavy (non-hydrogen) atoms. The van der Waals surface area contributed by atoms with E-state index < -0.39 is 4.21 Å². The molecule has 2 heteroatoms. The third kappa shape index (κ3) is 1.55. The number of rotatable bonds is 2. The fourth-order valence-corrected chi connectivity index (χ4v) is 4.48. The van der Waals surface area contributed by atoms with Crippen molar-refractivity contribution < 1.29 is 0 Å². The van der Waals surface area contributed by atoms with Gasteiger partial charge < -0.3 is 0 Å². The van der Waals surface area contributed by atoms with Gasteiger partial charge in [0.25, 0.3) is 0 Å². The predicted octanol–water partition coefficient (Wildman–Crippen LogP) is 5.39. The second-order valence-electron chi connectivity index (χ2n) is 4.72. The van der Waals surface area contributed by atoms with Gasteiger partial charge in [0.1, 0.15) is 4.21 Å². The lowest BCUT2D eigenvalue weighted by atomic mass is 9.84. The Balaban J connectivity index is 1.85. The van der Waals surface area contributed by atoms with Crippen LogP contribution in [0.15, 0.2) is 71.6 Å². The number of thioether (sulfide) groups is 1. The maximum Gasteiger partial charge on any atom is 0.145 e. The minimum Gasteiger partial charge on any atom is -0.0963 e. The summed E-state index contributed by atoms with van der Waals surface area (Å²) in [7, 11) is 0. The summed E-state index contributed by atoms with van der Waals surface area (Å²) in [6.07, 6.45) is 0. The second-order valence-corrected chi connectivity index (χ2v) is 6.80. The van der Waals surface area contributed by atoms with Gasteiger partial charge in [-0.15, -0.1) is 0 Å². The molecule has 0 N–H and O–H groups in total. The van der Waals surface area contributed by atoms with Gasteiger partial charge in [-0.1, -0.05) is 78.0 Å². The number of halogens is 1. The van der Waals surface area contributed by atoms with Crippen LogP contribution in [0.3, 0.4) is 0 Å². The molecule has 0 unspecified atom stereocenters. The Kier molecular flexibility index (Phi) is 2.41. The maximum atomic E-state index is 6.91. The lowest BCUT2D eigenvalue weighted by Crippen LogP contribution is -2.25. The Hall–Kier alpha value is -1.44. The summed E-state index contributed by atoms with van der Waals surface area (Å²) in [5.74, 6) is 0. The van der Waals surface area contributed by atoms with E-state index in [1.165, 1.54) is 26.8 Å². The van der Waals surface area contributed by atoms with E-state index in [2.05, 4.69) is 48.5 Å². The van der Waals surface area contributed by atoms with Crippen LogP contribution in [-0.4, -0.2) is 0 Å². The number of hydrogen-bond donors (Lipinski definition) is 0. The van der Waals surface area contributed by atoms with Crippen LogP contribution in [0, 0.1) is 0 Å². The van der Waals surface area contributed by atoms with Crippen molar-refractivity contribution >= 4 is 34.1 Å². The minimum absolute atomic E-state index is 0.433. The summed E-state index contributed by atoms with van der Waals surface area (Å²) in [6, 6.07) is 23.1. The van der Waals surface area contributed by atoms with E-state index in [0.717, 1.165) is 0 Å². The lowest BCUT2D eigenvalue weighted by molar-refractivity contribution is 1.02. The second kappa shape index (κ2) is 4.03. The van der Waals surface area contributed by atoms with Crippen LogP contribution in [0.1, 0.15) is 11.1 Å². The highest BCUT2D eigenvalue weighted by molar-refractivity contribution is 8.01. The number of hydrogen-bond acceptors (Lipinski definition) is 1. The van der Waals surface area contributed by atoms with Crippen molar-refractivity contribution in [3.05, 3.63) is 77.9 Å². The van der Waals surface area contributed by atoms with E-state index in [0.29, 0.717) is 0 Å². The lowest BCUT2D eigenvalue weighted by Gasteiger charge is -2.38. The van der Waals surface area contributed by atoms with Crippen LogP contribution in [-0.2, 0) is 4.21 Å². The first kappa shape index (κ1) is 11.4. The Morgan fingerprint density at radius 3 is 2.00 bits per heavy atom. The molecule has 0 heterocycles. The SMILES string of the molecule is ClC1(Sc2ccccc2)c2cccc3cccc1c23. The van der Waals surface area contributed by atoms with Gasteiger partial charge in [-0.05, 0) is 34.0 Å². The van der Waals surface area contributed by atoms with Gasteiger partial charge in [-0.2, -0.15) is 0 Å². The molecule has 0 nitrogen and oxygen atoms in total. The zero-order valence-electron chi connectivity index (χ0n) is 10.1. The van der Waals surface area contributed by atoms with Crippen molar-refractivity contribution in [2.45, 2.75) is 9.10 Å². The summed E-state index contributed by atoms with van der Waals surface area (Å²) in [6.45, 7) is 0. The molecule has 0 bridgehead atoms. The van der Waals surface area contributed by atoms with Crippen molar-refractivity contribution in [2.24, 2.45) is 0 Å². The zero-order chi connectivity index (χ0) is 12.9. The molecule has 0 spiro atoms. The Morgan fingerprint density at radius 2 is 1.37 bits per heavy atom. The molecule has 92 valence electrons. The van der Waals surface area contributed by atoms with Gasteiger partial charge in [-0.3, -0.25) is 0 Å². The molecule has 0 saturated heterocycles. The highest BCUT2D eigenvalue weighted by atomic mass is 35.5. The fourth-order valence-electron chi connectivity index (χ4n) is 2.72. The fraction of sp³-hybridized carbons (Fsp3) is 0.0588. The highest BCUT2D eigenvalue weighted by Crippen LogP contribution is 2.60. The number of alkyl halides is 1. The van der Waals surface area contributed by atoms with Gasteiger partial charge in [-0.25, -0.2) is 0 Å². The first-order valence-electron chi connectivity index (χ1n) is 6.25. The van der Waals surface area contributed by atoms with Crippen LogP contribution in [0.4, 0.5) is 0 Å². The number of benzene rings is 3. The third-order valence-electron chi connectivity index (χ3n) is 3.60. The molecule has 0 aromatic heterocycles. The van der Waals surface area contributed by atoms with Crippen LogP contribution in [0.25, 0.3) is 10.8 Å². The summed E-state index contributed by atoms with van der Waals surface area (Å²) in [4.78, 5) is 1.20. The average Bonchev–Trinajstić information content (AvgIpc) is 2.47. The van der Waals surface area contributed by atoms with Crippen LogP contribution >= 0.6 is 23.4 Å². The van der Waals surface area contributed by atoms with E-state index in [9.17, 15) is 0 Å². The Morgan fingerprint density at radius 1 is 0.737 bits per heavy atom. The molecule has 0 amide bonds. The van der Waals surface area contributed by atoms with E-state index in [1.54, 1.807) is 11.8 Å². The van der Waals surface area contributed by atoms with Crippen molar-refractivity contribution in [2.75, 3.05) is 0 Å². The summed E-state index contributed by atoms with van der Waals surface area (Å²) < 4.78 is -0.433. The molecular formula is C17H11ClS. The van der Waals surface area contributed by atoms with Crippen LogP contribution in [0.2, 0.25) is 0 Å². The first-order chi connectivity index (χ1) is 9.29. The van der Waals surface area contributed by atoms with E-state index >= 15 is 0 Å². The van der Waals surface area contributed by atoms with Crippen molar-refractivity contribution in [3.8, 4) is 0 Å². The normalized spacial score (nSPS) is 15.2. The van der Waals surface area contributed by atoms with E-state index in [4.69, 9.17) is 11.6 Å². The Labute approximate surface area is 121 Å². The van der Waals surface area contributed by atoms with Gasteiger partial charge in [0, 0.05) is 4.90 Å². The van der Waals surface area contributed by atoms with Crippen molar-refractivity contribution in [1.29, 1.82) is 0 Å². The smallest absolute Gasteiger partial charge is 0.0963 e. The summed E-state index contributed by atoms with van der Waals surface area (Å²) >= 11 is 8.62. The van der Waals surface area contributed by atoms with Crippen molar-refractivity contribution in [1.82, 2.24) is 0 Å². The molecule has 3 aromatic rings. The first-order valence-corrected chi connectivity index (χ1v) is 7.44. The molecule has 1 aliphatic carbocycles. The van der Waals surface area contributed by atoms with E-state index in [1.807, 2.05) is 18.2 Å². The van der Waals surface area contributed by atoms with Crippen LogP contribution in [0.5, 0.6) is 0 Å². The van der Waals surface area contributed by atoms with E-state index in [-0.39, 0.29) is 0 Å². The largest absolute Gasteiger partial charge is 0.145 e. The molecular weight excluding hydrogens is 272 g/mol. The topological polar surface area (TPSA) is 0 Å². The molecule has 0 aliphatic heterocycles. The molecule has 0 saturated carbocycles. The molecule has 3 aromatic carbocycles. The van der Waals surface area contributed by atoms with Crippen LogP contribution < -0.4 is 0 Å². The molecule has 0 atom stereocenters. The maximum absolute atomic E-state index is 6.91. The quantitative estimate of drug-likeness (QED) is 0.568. The average molecular weight is 283 g/mol. The highest BCUT2D eigenvalue weighted by Gasteiger charge is 2.43. The predicted molar refractivity (Wildman–Crippen MR) is 82.9 cm³/mol. The summed E-state index contributed by atoms with van der Waals surface area (Å²) in [5, 5.41) is 2.60. The minimum atomic E-state index is -0.433. The van der Waals surface area contributed by atoms with Gasteiger partial charge >= 0.3 is 0 Å². The zero-order valence-corrected chi connectivity index (χ0v) is 11.7. The van der Waals surface area contributed by atoms with Gasteiger partial charge in [0.2, 0.25) is 0 Å². The van der Waals surface area contributed by atoms with Gasteiger partial charge in [0.05, 0.1) is 0 Å². The molecule has 0 fully saturated rings. The van der Waals surface area contributed by atoms with Crippen molar-refractivity contribution in [3.63, 3.8) is 0 Å². The molecule has 1 aliphatic rings. The monoisotopic (exact) mass is 282 g/mol. The third-order valence-corrected chi connectivity index (χ3v) is 5.47. The Bertz CT molecular complexity index is 726. The van der Waals surface area contributed by atoms with Gasteiger partial charge in [0.15, 0.2) is 0 Å². The standard InChI is InChI=1S/C17H11ClS/c18-17(19-13-8-2-1-3-9-13)14-10-4-6-12-7-5-11-15(17)16(12)14/h1-11H. The molecule has 0 radical (unpaired) electrons. The molecule has 4 rings (SSSR count). The summed E-state index contributed by atoms with van der Waals surface area (Å²) in [5.41, 5.74) is 2.47.